The van der Waals surface area contributed by atoms with Crippen molar-refractivity contribution in [2.45, 2.75) is 6.61 Å². The number of hydrogen-bond donors (Lipinski definition) is 2. The minimum Gasteiger partial charge on any atom is -0.508 e. The summed E-state index contributed by atoms with van der Waals surface area (Å²) in [6.07, 6.45) is 0.916. The predicted molar refractivity (Wildman–Crippen MR) is 145 cm³/mol. The van der Waals surface area contributed by atoms with Crippen molar-refractivity contribution in [2.75, 3.05) is 20.5 Å². The van der Waals surface area contributed by atoms with Gasteiger partial charge in [-0.05, 0) is 47.0 Å². The van der Waals surface area contributed by atoms with Gasteiger partial charge in [0.2, 0.25) is 0 Å². The van der Waals surface area contributed by atoms with Gasteiger partial charge < -0.3 is 28.6 Å². The number of aromatic hydroxyl groups is 1. The van der Waals surface area contributed by atoms with E-state index in [4.69, 9.17) is 18.4 Å². The first kappa shape index (κ1) is 27.3. The van der Waals surface area contributed by atoms with Crippen molar-refractivity contribution in [1.29, 1.82) is 0 Å². The molecule has 0 spiro atoms. The average Bonchev–Trinajstić information content (AvgIpc) is 2.91. The van der Waals surface area contributed by atoms with E-state index in [-0.39, 0.29) is 46.5 Å². The lowest BCUT2D eigenvalue weighted by Gasteiger charge is -2.20. The van der Waals surface area contributed by atoms with E-state index >= 15 is 0 Å². The van der Waals surface area contributed by atoms with Gasteiger partial charge in [0.15, 0.2) is 11.5 Å². The zero-order valence-electron chi connectivity index (χ0n) is 21.4. The molecular formula is C29H26O9S. The molecule has 10 heteroatoms. The molecule has 0 fully saturated rings. The number of phenolic OH excluding ortho intramolecular Hbond substituents is 1. The van der Waals surface area contributed by atoms with Gasteiger partial charge in [0.1, 0.15) is 29.4 Å². The van der Waals surface area contributed by atoms with E-state index in [1.165, 1.54) is 32.4 Å². The van der Waals surface area contributed by atoms with Crippen LogP contribution in [-0.4, -0.2) is 45.1 Å². The number of carboxylic acid groups (broad SMARTS) is 1. The Kier molecular flexibility index (Phi) is 7.96. The molecule has 4 rings (SSSR count). The zero-order valence-corrected chi connectivity index (χ0v) is 22.2. The molecule has 4 aromatic carbocycles. The Labute approximate surface area is 225 Å². The van der Waals surface area contributed by atoms with Crippen LogP contribution in [0.25, 0.3) is 22.3 Å². The lowest BCUT2D eigenvalue weighted by atomic mass is 9.92. The number of hydrogen-bond acceptors (Lipinski definition) is 8. The van der Waals surface area contributed by atoms with Crippen LogP contribution in [0.1, 0.15) is 15.9 Å². The maximum absolute atomic E-state index is 12.5. The quantitative estimate of drug-likeness (QED) is 0.251. The maximum atomic E-state index is 12.5. The smallest absolute Gasteiger partial charge is 0.340 e. The molecule has 0 aromatic heterocycles. The molecule has 0 saturated carbocycles. The zero-order chi connectivity index (χ0) is 28.2. The van der Waals surface area contributed by atoms with Gasteiger partial charge in [0.05, 0.1) is 20.5 Å². The highest BCUT2D eigenvalue weighted by molar-refractivity contribution is 7.86. The monoisotopic (exact) mass is 550 g/mol. The Morgan fingerprint density at radius 3 is 2.08 bits per heavy atom. The minimum atomic E-state index is -3.93. The molecule has 0 bridgehead atoms. The van der Waals surface area contributed by atoms with Crippen LogP contribution in [-0.2, 0) is 16.7 Å². The van der Waals surface area contributed by atoms with Gasteiger partial charge in [-0.25, -0.2) is 4.79 Å². The second-order valence-electron chi connectivity index (χ2n) is 8.48. The number of aromatic carboxylic acids is 1. The van der Waals surface area contributed by atoms with Crippen molar-refractivity contribution in [1.82, 2.24) is 0 Å². The minimum absolute atomic E-state index is 0.0196. The van der Waals surface area contributed by atoms with Gasteiger partial charge in [-0.15, -0.1) is 0 Å². The summed E-state index contributed by atoms with van der Waals surface area (Å²) in [5.74, 6) is -0.903. The Morgan fingerprint density at radius 2 is 1.49 bits per heavy atom. The lowest BCUT2D eigenvalue weighted by molar-refractivity contribution is 0.0694. The topological polar surface area (TPSA) is 129 Å². The number of phenols is 1. The maximum Gasteiger partial charge on any atom is 0.340 e. The van der Waals surface area contributed by atoms with E-state index in [0.717, 1.165) is 11.8 Å². The first-order valence-corrected chi connectivity index (χ1v) is 13.4. The largest absolute Gasteiger partial charge is 0.508 e. The number of carbonyl (C=O) groups is 1. The predicted octanol–water partition coefficient (Wildman–Crippen LogP) is 5.36. The summed E-state index contributed by atoms with van der Waals surface area (Å²) >= 11 is 0. The first-order chi connectivity index (χ1) is 18.6. The average molecular weight is 551 g/mol. The number of methoxy groups -OCH3 is 2. The summed E-state index contributed by atoms with van der Waals surface area (Å²) in [4.78, 5) is 12.5. The lowest BCUT2D eigenvalue weighted by Crippen LogP contribution is -2.08. The van der Waals surface area contributed by atoms with Crippen LogP contribution in [0.5, 0.6) is 28.7 Å². The van der Waals surface area contributed by atoms with Crippen LogP contribution >= 0.6 is 0 Å². The van der Waals surface area contributed by atoms with Crippen LogP contribution < -0.4 is 18.4 Å². The summed E-state index contributed by atoms with van der Waals surface area (Å²) < 4.78 is 46.3. The van der Waals surface area contributed by atoms with E-state index in [9.17, 15) is 23.4 Å². The summed E-state index contributed by atoms with van der Waals surface area (Å²) in [5, 5.41) is 19.9. The highest BCUT2D eigenvalue weighted by Crippen LogP contribution is 2.46. The van der Waals surface area contributed by atoms with Gasteiger partial charge in [0.25, 0.3) is 0 Å². The fourth-order valence-corrected chi connectivity index (χ4v) is 4.56. The standard InChI is InChI=1S/C29H26O9S/c1-35-25-16-22(28(36-2)27(29(31)32)26(25)19-9-12-21(30)13-10-19)20-11-14-23(24(15-20)38-39(3,33)34)37-17-18-7-5-4-6-8-18/h4-16,30H,17H2,1-3H3,(H,31,32). The molecular weight excluding hydrogens is 524 g/mol. The van der Waals surface area contributed by atoms with E-state index in [2.05, 4.69) is 0 Å². The molecule has 0 saturated heterocycles. The molecule has 202 valence electrons. The van der Waals surface area contributed by atoms with E-state index in [0.29, 0.717) is 16.7 Å². The number of ether oxygens (including phenoxy) is 3. The second-order valence-corrected chi connectivity index (χ2v) is 10.1. The van der Waals surface area contributed by atoms with Crippen molar-refractivity contribution in [3.05, 3.63) is 90.0 Å². The SMILES string of the molecule is COc1cc(-c2ccc(OCc3ccccc3)c(OS(C)(=O)=O)c2)c(OC)c(C(=O)O)c1-c1ccc(O)cc1. The molecule has 0 unspecified atom stereocenters. The van der Waals surface area contributed by atoms with Gasteiger partial charge in [0, 0.05) is 11.1 Å². The molecule has 4 aromatic rings. The van der Waals surface area contributed by atoms with Crippen LogP contribution in [0.15, 0.2) is 78.9 Å². The van der Waals surface area contributed by atoms with Crippen molar-refractivity contribution in [2.24, 2.45) is 0 Å². The van der Waals surface area contributed by atoms with Crippen LogP contribution in [0.2, 0.25) is 0 Å². The van der Waals surface area contributed by atoms with Crippen molar-refractivity contribution in [3.63, 3.8) is 0 Å². The molecule has 0 radical (unpaired) electrons. The van der Waals surface area contributed by atoms with E-state index < -0.39 is 16.1 Å². The molecule has 2 N–H and O–H groups in total. The third-order valence-electron chi connectivity index (χ3n) is 5.77. The van der Waals surface area contributed by atoms with Crippen molar-refractivity contribution >= 4 is 16.1 Å². The Morgan fingerprint density at radius 1 is 0.821 bits per heavy atom. The Bertz CT molecular complexity index is 1600. The summed E-state index contributed by atoms with van der Waals surface area (Å²) in [7, 11) is -1.19. The molecule has 0 atom stereocenters. The third kappa shape index (κ3) is 6.24. The van der Waals surface area contributed by atoms with Gasteiger partial charge in [-0.1, -0.05) is 48.5 Å². The fraction of sp³-hybridized carbons (Fsp3) is 0.138. The molecule has 0 aliphatic rings. The van der Waals surface area contributed by atoms with Crippen LogP contribution in [0.4, 0.5) is 0 Å². The number of carboxylic acids is 1. The highest BCUT2D eigenvalue weighted by atomic mass is 32.2. The van der Waals surface area contributed by atoms with Crippen molar-refractivity contribution in [3.8, 4) is 51.0 Å². The highest BCUT2D eigenvalue weighted by Gasteiger charge is 2.27. The summed E-state index contributed by atoms with van der Waals surface area (Å²) in [6, 6.07) is 21.5. The molecule has 0 aliphatic carbocycles. The van der Waals surface area contributed by atoms with E-state index in [1.807, 2.05) is 30.3 Å². The van der Waals surface area contributed by atoms with Crippen LogP contribution in [0.3, 0.4) is 0 Å². The summed E-state index contributed by atoms with van der Waals surface area (Å²) in [6.45, 7) is 0.169. The molecule has 39 heavy (non-hydrogen) atoms. The summed E-state index contributed by atoms with van der Waals surface area (Å²) in [5.41, 5.74) is 2.15. The molecule has 9 nitrogen and oxygen atoms in total. The van der Waals surface area contributed by atoms with Gasteiger partial charge in [-0.3, -0.25) is 0 Å². The normalized spacial score (nSPS) is 11.1. The second kappa shape index (κ2) is 11.4. The molecule has 0 aliphatic heterocycles. The number of rotatable bonds is 10. The number of benzene rings is 4. The molecule has 0 amide bonds. The van der Waals surface area contributed by atoms with Gasteiger partial charge in [-0.2, -0.15) is 8.42 Å². The fourth-order valence-electron chi connectivity index (χ4n) is 4.10. The Hall–Kier alpha value is -4.70. The van der Waals surface area contributed by atoms with Gasteiger partial charge >= 0.3 is 16.1 Å². The molecule has 0 heterocycles. The van der Waals surface area contributed by atoms with Crippen molar-refractivity contribution < 1.29 is 41.8 Å². The third-order valence-corrected chi connectivity index (χ3v) is 6.25. The van der Waals surface area contributed by atoms with Crippen LogP contribution in [0, 0.1) is 0 Å². The first-order valence-electron chi connectivity index (χ1n) is 11.6. The Balaban J connectivity index is 1.88. The van der Waals surface area contributed by atoms with E-state index in [1.54, 1.807) is 30.3 Å².